The van der Waals surface area contributed by atoms with E-state index in [1.165, 1.54) is 31.2 Å². The molecule has 248 valence electrons. The fourth-order valence-electron chi connectivity index (χ4n) is 3.32. The van der Waals surface area contributed by atoms with Crippen LogP contribution in [-0.4, -0.2) is 31.6 Å². The summed E-state index contributed by atoms with van der Waals surface area (Å²) in [6, 6.07) is 15.1. The van der Waals surface area contributed by atoms with E-state index < -0.39 is 21.6 Å². The molecule has 0 aromatic heterocycles. The van der Waals surface area contributed by atoms with Crippen LogP contribution in [0.1, 0.15) is 58.2 Å². The van der Waals surface area contributed by atoms with Gasteiger partial charge in [-0.05, 0) is 81.3 Å². The monoisotopic (exact) mass is 657 g/mol. The van der Waals surface area contributed by atoms with Crippen molar-refractivity contribution in [2.75, 3.05) is 5.73 Å². The molecule has 10 nitrogen and oxygen atoms in total. The highest BCUT2D eigenvalue weighted by atomic mass is 28.4. The molecule has 3 aromatic rings. The molecule has 0 saturated heterocycles. The standard InChI is InChI=1S/C13H21NO3Si.C13H23NOSi.C7H7NO3/c1-10-11(14(15)16)8-7-9-12(10)17-18(5,6)13(2,3)4;1-10-11(14)8-7-9-12(10)15-16(5,6)13(2,3)4;1-5-6(8(10)11)3-2-4-7(5)9/h7-9H,1-6H3;7-9H,14H2,1-6H3;2-4,9H,1H3. The van der Waals surface area contributed by atoms with Crippen molar-refractivity contribution in [2.45, 2.75) is 98.6 Å². The highest BCUT2D eigenvalue weighted by Gasteiger charge is 2.40. The second kappa shape index (κ2) is 14.9. The maximum Gasteiger partial charge on any atom is 0.275 e. The summed E-state index contributed by atoms with van der Waals surface area (Å²) >= 11 is 0. The van der Waals surface area contributed by atoms with Gasteiger partial charge in [-0.2, -0.15) is 0 Å². The molecule has 45 heavy (non-hydrogen) atoms. The van der Waals surface area contributed by atoms with Crippen LogP contribution in [0.25, 0.3) is 0 Å². The molecule has 0 unspecified atom stereocenters. The SMILES string of the molecule is Cc1c(N)cccc1O[Si](C)(C)C(C)(C)C.Cc1c(O)cccc1[N+](=O)[O-].Cc1c(O[Si](C)(C)C(C)(C)C)cccc1[N+](=O)[O-]. The second-order valence-electron chi connectivity index (χ2n) is 14.0. The van der Waals surface area contributed by atoms with Gasteiger partial charge >= 0.3 is 0 Å². The lowest BCUT2D eigenvalue weighted by molar-refractivity contribution is -0.385. The topological polar surface area (TPSA) is 151 Å². The summed E-state index contributed by atoms with van der Waals surface area (Å²) in [5.41, 5.74) is 8.71. The van der Waals surface area contributed by atoms with Crippen molar-refractivity contribution in [3.8, 4) is 17.2 Å². The molecule has 0 spiro atoms. The van der Waals surface area contributed by atoms with Crippen LogP contribution in [0.4, 0.5) is 17.1 Å². The molecule has 0 bridgehead atoms. The number of hydrogen-bond acceptors (Lipinski definition) is 8. The molecular formula is C33H51N3O7Si2. The van der Waals surface area contributed by atoms with Crippen LogP contribution in [-0.2, 0) is 0 Å². The first-order valence-corrected chi connectivity index (χ1v) is 20.6. The Balaban J connectivity index is 0.000000347. The smallest absolute Gasteiger partial charge is 0.275 e. The summed E-state index contributed by atoms with van der Waals surface area (Å²) in [7, 11) is -3.71. The normalized spacial score (nSPS) is 11.8. The van der Waals surface area contributed by atoms with Crippen LogP contribution in [0, 0.1) is 41.0 Å². The predicted octanol–water partition coefficient (Wildman–Crippen LogP) is 9.86. The van der Waals surface area contributed by atoms with Crippen LogP contribution >= 0.6 is 0 Å². The molecule has 3 aromatic carbocycles. The van der Waals surface area contributed by atoms with E-state index in [0.717, 1.165) is 17.0 Å². The van der Waals surface area contributed by atoms with Gasteiger partial charge in [0.2, 0.25) is 16.6 Å². The zero-order valence-electron chi connectivity index (χ0n) is 29.1. The number of benzene rings is 3. The number of anilines is 1. The van der Waals surface area contributed by atoms with Crippen molar-refractivity contribution >= 4 is 33.7 Å². The molecule has 0 heterocycles. The number of rotatable bonds is 6. The highest BCUT2D eigenvalue weighted by molar-refractivity contribution is 6.75. The van der Waals surface area contributed by atoms with Crippen molar-refractivity contribution in [1.29, 1.82) is 0 Å². The molecule has 0 aliphatic heterocycles. The maximum atomic E-state index is 10.9. The van der Waals surface area contributed by atoms with Gasteiger partial charge in [0.1, 0.15) is 17.2 Å². The molecule has 3 rings (SSSR count). The molecule has 0 saturated carbocycles. The average molecular weight is 658 g/mol. The number of phenols is 1. The minimum atomic E-state index is -1.96. The molecule has 3 N–H and O–H groups in total. The Morgan fingerprint density at radius 1 is 0.644 bits per heavy atom. The van der Waals surface area contributed by atoms with Crippen molar-refractivity contribution < 1.29 is 23.8 Å². The van der Waals surface area contributed by atoms with E-state index in [4.69, 9.17) is 19.7 Å². The van der Waals surface area contributed by atoms with E-state index in [1.54, 1.807) is 13.0 Å². The van der Waals surface area contributed by atoms with E-state index in [0.29, 0.717) is 16.9 Å². The Hall–Kier alpha value is -3.91. The number of phenolic OH excluding ortho intramolecular Hbond substituents is 1. The van der Waals surface area contributed by atoms with Crippen LogP contribution in [0.3, 0.4) is 0 Å². The van der Waals surface area contributed by atoms with E-state index in [2.05, 4.69) is 67.7 Å². The van der Waals surface area contributed by atoms with Crippen LogP contribution in [0.5, 0.6) is 17.2 Å². The summed E-state index contributed by atoms with van der Waals surface area (Å²) in [5.74, 6) is 1.53. The van der Waals surface area contributed by atoms with Crippen LogP contribution < -0.4 is 14.6 Å². The molecule has 0 fully saturated rings. The number of nitrogens with two attached hydrogens (primary N) is 1. The molecule has 0 aliphatic rings. The first kappa shape index (κ1) is 39.1. The molecule has 0 radical (unpaired) electrons. The van der Waals surface area contributed by atoms with Crippen molar-refractivity contribution in [3.63, 3.8) is 0 Å². The third-order valence-corrected chi connectivity index (χ3v) is 17.3. The Kier molecular flexibility index (Phi) is 13.0. The summed E-state index contributed by atoms with van der Waals surface area (Å²) in [4.78, 5) is 20.3. The Morgan fingerprint density at radius 2 is 1.00 bits per heavy atom. The van der Waals surface area contributed by atoms with Crippen molar-refractivity contribution in [2.24, 2.45) is 0 Å². The first-order valence-electron chi connectivity index (χ1n) is 14.7. The fourth-order valence-corrected chi connectivity index (χ4v) is 5.47. The Morgan fingerprint density at radius 3 is 1.38 bits per heavy atom. The molecule has 12 heteroatoms. The first-order chi connectivity index (χ1) is 20.3. The van der Waals surface area contributed by atoms with Crippen molar-refractivity contribution in [3.05, 3.63) is 91.5 Å². The Labute approximate surface area is 270 Å². The largest absolute Gasteiger partial charge is 0.543 e. The predicted molar refractivity (Wildman–Crippen MR) is 189 cm³/mol. The van der Waals surface area contributed by atoms with Gasteiger partial charge in [0, 0.05) is 23.4 Å². The average Bonchev–Trinajstić information content (AvgIpc) is 2.88. The van der Waals surface area contributed by atoms with Gasteiger partial charge in [0.05, 0.1) is 21.0 Å². The second-order valence-corrected chi connectivity index (χ2v) is 23.5. The van der Waals surface area contributed by atoms with Gasteiger partial charge < -0.3 is 19.7 Å². The van der Waals surface area contributed by atoms with Gasteiger partial charge in [-0.15, -0.1) is 0 Å². The van der Waals surface area contributed by atoms with E-state index in [-0.39, 0.29) is 32.1 Å². The van der Waals surface area contributed by atoms with Gasteiger partial charge in [-0.25, -0.2) is 0 Å². The minimum absolute atomic E-state index is 0.0424. The third kappa shape index (κ3) is 10.6. The van der Waals surface area contributed by atoms with Gasteiger partial charge in [0.15, 0.2) is 0 Å². The number of aromatic hydroxyl groups is 1. The summed E-state index contributed by atoms with van der Waals surface area (Å²) in [6.45, 7) is 27.2. The zero-order chi connectivity index (χ0) is 35.1. The summed E-state index contributed by atoms with van der Waals surface area (Å²) < 4.78 is 12.4. The van der Waals surface area contributed by atoms with Gasteiger partial charge in [-0.3, -0.25) is 20.2 Å². The molecule has 0 atom stereocenters. The zero-order valence-corrected chi connectivity index (χ0v) is 31.1. The van der Waals surface area contributed by atoms with Crippen molar-refractivity contribution in [1.82, 2.24) is 0 Å². The number of hydrogen-bond donors (Lipinski definition) is 2. The lowest BCUT2D eigenvalue weighted by atomic mass is 10.2. The number of nitrogen functional groups attached to an aromatic ring is 1. The van der Waals surface area contributed by atoms with E-state index >= 15 is 0 Å². The minimum Gasteiger partial charge on any atom is -0.543 e. The lowest BCUT2D eigenvalue weighted by Gasteiger charge is -2.37. The molecular weight excluding hydrogens is 607 g/mol. The van der Waals surface area contributed by atoms with E-state index in [9.17, 15) is 20.2 Å². The Bertz CT molecular complexity index is 1490. The number of nitro groups is 2. The molecule has 0 amide bonds. The highest BCUT2D eigenvalue weighted by Crippen LogP contribution is 2.40. The molecule has 0 aliphatic carbocycles. The van der Waals surface area contributed by atoms with Crippen LogP contribution in [0.2, 0.25) is 36.3 Å². The quantitative estimate of drug-likeness (QED) is 0.115. The van der Waals surface area contributed by atoms with Crippen LogP contribution in [0.15, 0.2) is 54.6 Å². The number of nitro benzene ring substituents is 2. The fraction of sp³-hybridized carbons (Fsp3) is 0.455. The van der Waals surface area contributed by atoms with Gasteiger partial charge in [-0.1, -0.05) is 59.7 Å². The lowest BCUT2D eigenvalue weighted by Crippen LogP contribution is -2.44. The third-order valence-electron chi connectivity index (χ3n) is 8.59. The number of nitrogens with zero attached hydrogens (tertiary/aromatic N) is 2. The van der Waals surface area contributed by atoms with Gasteiger partial charge in [0.25, 0.3) is 11.4 Å². The summed E-state index contributed by atoms with van der Waals surface area (Å²) in [6.07, 6.45) is 0. The maximum absolute atomic E-state index is 10.9. The van der Waals surface area contributed by atoms with E-state index in [1.807, 2.05) is 31.2 Å². The summed E-state index contributed by atoms with van der Waals surface area (Å²) in [5, 5.41) is 30.5.